The topological polar surface area (TPSA) is 280 Å². The maximum atomic E-state index is 15.2. The van der Waals surface area contributed by atoms with E-state index in [1.54, 1.807) is 0 Å². The lowest BCUT2D eigenvalue weighted by Crippen LogP contribution is -2.71. The summed E-state index contributed by atoms with van der Waals surface area (Å²) in [7, 11) is -21.7. The van der Waals surface area contributed by atoms with E-state index in [1.807, 2.05) is 6.92 Å². The number of nitriles is 4. The Labute approximate surface area is 427 Å². The molecule has 406 valence electrons. The van der Waals surface area contributed by atoms with Gasteiger partial charge in [0, 0.05) is 51.9 Å². The Morgan fingerprint density at radius 1 is 0.329 bits per heavy atom. The molecule has 0 aromatic heterocycles. The van der Waals surface area contributed by atoms with E-state index in [4.69, 9.17) is 21.0 Å². The first-order valence-corrected chi connectivity index (χ1v) is 33.1. The van der Waals surface area contributed by atoms with Crippen molar-refractivity contribution in [2.45, 2.75) is 266 Å². The fourth-order valence-electron chi connectivity index (χ4n) is 8.67. The minimum atomic E-state index is -5.58. The molecular formula is C50H94N8O8S4. The van der Waals surface area contributed by atoms with Crippen LogP contribution in [0.1, 0.15) is 257 Å². The Morgan fingerprint density at radius 3 is 0.829 bits per heavy atom. The smallest absolute Gasteiger partial charge is 0.215 e. The van der Waals surface area contributed by atoms with Crippen LogP contribution in [0.15, 0.2) is 0 Å². The second-order valence-corrected chi connectivity index (χ2v) is 27.4. The number of hydrogen-bond donors (Lipinski definition) is 4. The Hall–Kier alpha value is -2.40. The molecule has 0 aromatic rings. The van der Waals surface area contributed by atoms with E-state index in [9.17, 15) is 8.42 Å². The Morgan fingerprint density at radius 2 is 0.557 bits per heavy atom. The van der Waals surface area contributed by atoms with Crippen molar-refractivity contribution < 1.29 is 33.7 Å². The minimum absolute atomic E-state index is 0.0699. The summed E-state index contributed by atoms with van der Waals surface area (Å²) in [6, 6.07) is 8.53. The highest BCUT2D eigenvalue weighted by molar-refractivity contribution is 8.25. The molecule has 0 aliphatic heterocycles. The van der Waals surface area contributed by atoms with Crippen LogP contribution in [0.25, 0.3) is 0 Å². The van der Waals surface area contributed by atoms with E-state index in [0.29, 0.717) is 70.6 Å². The van der Waals surface area contributed by atoms with Crippen LogP contribution in [0, 0.1) is 45.3 Å². The van der Waals surface area contributed by atoms with Crippen LogP contribution in [0.4, 0.5) is 0 Å². The summed E-state index contributed by atoms with van der Waals surface area (Å²) < 4.78 is 127. The van der Waals surface area contributed by atoms with Crippen molar-refractivity contribution in [1.29, 1.82) is 21.0 Å². The van der Waals surface area contributed by atoms with Gasteiger partial charge in [-0.15, -0.1) is 0 Å². The second kappa shape index (κ2) is 43.0. The average molecular weight is 1060 g/mol. The van der Waals surface area contributed by atoms with Gasteiger partial charge >= 0.3 is 3.41 Å². The molecule has 0 rings (SSSR count). The maximum absolute atomic E-state index is 15.2. The zero-order valence-corrected chi connectivity index (χ0v) is 46.4. The van der Waals surface area contributed by atoms with Crippen molar-refractivity contribution in [2.75, 3.05) is 26.2 Å². The molecule has 4 N–H and O–H groups in total. The molecule has 0 aliphatic rings. The molecule has 0 heterocycles. The molecule has 0 radical (unpaired) electrons. The average Bonchev–Trinajstić information content (AvgIpc) is 3.31. The van der Waals surface area contributed by atoms with Crippen LogP contribution in [0.5, 0.6) is 0 Å². The molecule has 0 fully saturated rings. The van der Waals surface area contributed by atoms with Crippen molar-refractivity contribution in [2.24, 2.45) is 0 Å². The zero-order chi connectivity index (χ0) is 52.1. The van der Waals surface area contributed by atoms with E-state index in [0.717, 1.165) is 148 Å². The van der Waals surface area contributed by atoms with Gasteiger partial charge in [-0.05, 0) is 57.8 Å². The highest BCUT2D eigenvalue weighted by atomic mass is 32.3. The van der Waals surface area contributed by atoms with Crippen LogP contribution >= 0.6 is 0 Å². The van der Waals surface area contributed by atoms with Gasteiger partial charge in [-0.3, -0.25) is 0 Å². The molecule has 0 aromatic carbocycles. The van der Waals surface area contributed by atoms with Gasteiger partial charge in [0.1, 0.15) is 5.25 Å². The van der Waals surface area contributed by atoms with Crippen LogP contribution in [-0.2, 0) is 40.1 Å². The first-order chi connectivity index (χ1) is 33.7. The van der Waals surface area contributed by atoms with Gasteiger partial charge in [-0.2, -0.15) is 21.0 Å². The summed E-state index contributed by atoms with van der Waals surface area (Å²) in [6.07, 6.45) is 25.5. The van der Waals surface area contributed by atoms with Crippen molar-refractivity contribution >= 4 is 40.1 Å². The molecule has 0 saturated carbocycles. The molecule has 1 unspecified atom stereocenters. The highest BCUT2D eigenvalue weighted by Gasteiger charge is 2.72. The molecular weight excluding hydrogens is 969 g/mol. The van der Waals surface area contributed by atoms with E-state index in [-0.39, 0.29) is 51.9 Å². The number of hydrogen-bond acceptors (Lipinski definition) is 12. The van der Waals surface area contributed by atoms with Crippen LogP contribution < -0.4 is 18.9 Å². The van der Waals surface area contributed by atoms with Gasteiger partial charge in [0.25, 0.3) is 30.1 Å². The first kappa shape index (κ1) is 67.6. The number of sulfonamides is 4. The summed E-state index contributed by atoms with van der Waals surface area (Å²) in [6.45, 7) is 0.988. The number of rotatable bonds is 52. The summed E-state index contributed by atoms with van der Waals surface area (Å²) >= 11 is 0. The summed E-state index contributed by atoms with van der Waals surface area (Å²) in [5.41, 5.74) is 0. The molecule has 1 atom stereocenters. The van der Waals surface area contributed by atoms with Gasteiger partial charge < -0.3 is 0 Å². The van der Waals surface area contributed by atoms with Crippen LogP contribution in [0.3, 0.4) is 0 Å². The summed E-state index contributed by atoms with van der Waals surface area (Å²) in [5.74, 6) is 0. The van der Waals surface area contributed by atoms with Gasteiger partial charge in [-0.1, -0.05) is 174 Å². The van der Waals surface area contributed by atoms with Crippen molar-refractivity contribution in [3.05, 3.63) is 0 Å². The number of nitrogens with one attached hydrogen (secondary N) is 4. The SMILES string of the molecule is CCCCCCCCC(C(S(=O)(=O)NCCCCCCCCCC#N)(S(=O)(=O)NCCCCCCCCCC#N)S(=O)(=O)NCCCCCCCCCC#N)S(=O)(=O)NCCCCCCCCCC#N. The lowest BCUT2D eigenvalue weighted by Gasteiger charge is -2.38. The Kier molecular flexibility index (Phi) is 41.6. The normalized spacial score (nSPS) is 12.8. The number of nitrogens with zero attached hydrogens (tertiary/aromatic N) is 4. The van der Waals surface area contributed by atoms with E-state index < -0.39 is 55.2 Å². The third-order valence-corrected chi connectivity index (χ3v) is 23.9. The fourth-order valence-corrected chi connectivity index (χ4v) is 20.2. The molecule has 70 heavy (non-hydrogen) atoms. The fraction of sp³-hybridized carbons (Fsp3) is 0.920. The standard InChI is InChI=1S/C50H94N8O8S4/c1-2-3-4-5-22-31-40-49(67(59,60)55-45-36-27-18-10-6-14-23-32-41-51)50(68(61,62)56-46-37-28-19-11-7-15-24-33-42-52,69(63,64)57-47-38-29-20-12-8-16-25-34-43-53)70(65,66)58-48-39-30-21-13-9-17-26-35-44-54/h49,55-58H,2-40,45-48H2,1H3. The van der Waals surface area contributed by atoms with E-state index in [2.05, 4.69) is 43.2 Å². The minimum Gasteiger partial charge on any atom is -0.215 e. The monoisotopic (exact) mass is 1060 g/mol. The lowest BCUT2D eigenvalue weighted by atomic mass is 10.1. The van der Waals surface area contributed by atoms with Crippen molar-refractivity contribution in [3.63, 3.8) is 0 Å². The van der Waals surface area contributed by atoms with Gasteiger partial charge in [0.15, 0.2) is 0 Å². The maximum Gasteiger partial charge on any atom is 0.330 e. The zero-order valence-electron chi connectivity index (χ0n) is 43.2. The third kappa shape index (κ3) is 29.3. The predicted octanol–water partition coefficient (Wildman–Crippen LogP) is 11.0. The second-order valence-electron chi connectivity index (χ2n) is 18.8. The number of unbranched alkanes of at least 4 members (excludes halogenated alkanes) is 33. The van der Waals surface area contributed by atoms with E-state index in [1.165, 1.54) is 0 Å². The van der Waals surface area contributed by atoms with Crippen LogP contribution in [0.2, 0.25) is 0 Å². The summed E-state index contributed by atoms with van der Waals surface area (Å²) in [5, 5.41) is 32.8. The third-order valence-electron chi connectivity index (χ3n) is 12.8. The Balaban J connectivity index is 7.15. The molecule has 0 spiro atoms. The van der Waals surface area contributed by atoms with Crippen molar-refractivity contribution in [3.8, 4) is 24.3 Å². The molecule has 0 saturated heterocycles. The quantitative estimate of drug-likeness (QED) is 0.0414. The summed E-state index contributed by atoms with van der Waals surface area (Å²) in [4.78, 5) is 0. The largest absolute Gasteiger partial charge is 0.330 e. The van der Waals surface area contributed by atoms with Crippen molar-refractivity contribution in [1.82, 2.24) is 18.9 Å². The highest BCUT2D eigenvalue weighted by Crippen LogP contribution is 2.40. The molecule has 0 amide bonds. The molecule has 0 bridgehead atoms. The predicted molar refractivity (Wildman–Crippen MR) is 282 cm³/mol. The van der Waals surface area contributed by atoms with E-state index >= 15 is 25.3 Å². The Bertz CT molecular complexity index is 1790. The first-order valence-electron chi connectivity index (χ1n) is 27.1. The molecule has 16 nitrogen and oxygen atoms in total. The molecule has 0 aliphatic carbocycles. The lowest BCUT2D eigenvalue weighted by molar-refractivity contribution is 0.487. The van der Waals surface area contributed by atoms with Gasteiger partial charge in [-0.25, -0.2) is 52.6 Å². The van der Waals surface area contributed by atoms with Crippen LogP contribution in [-0.4, -0.2) is 68.5 Å². The van der Waals surface area contributed by atoms with Gasteiger partial charge in [0.05, 0.1) is 24.3 Å². The van der Waals surface area contributed by atoms with Gasteiger partial charge in [0.2, 0.25) is 10.0 Å². The molecule has 20 heteroatoms.